The molecular formula is C14H21N3O3. The zero-order valence-electron chi connectivity index (χ0n) is 11.9. The van der Waals surface area contributed by atoms with Crippen LogP contribution in [0.1, 0.15) is 23.7 Å². The molecule has 0 aromatic heterocycles. The summed E-state index contributed by atoms with van der Waals surface area (Å²) in [5.41, 5.74) is 1.21. The minimum atomic E-state index is -0.271. The van der Waals surface area contributed by atoms with Gasteiger partial charge in [0.05, 0.1) is 0 Å². The molecular weight excluding hydrogens is 258 g/mol. The summed E-state index contributed by atoms with van der Waals surface area (Å²) in [7, 11) is 1.62. The molecule has 6 heteroatoms. The van der Waals surface area contributed by atoms with E-state index in [1.807, 2.05) is 6.92 Å². The molecule has 3 amide bonds. The molecule has 1 aromatic carbocycles. The van der Waals surface area contributed by atoms with Gasteiger partial charge in [0, 0.05) is 38.1 Å². The summed E-state index contributed by atoms with van der Waals surface area (Å²) in [5.74, 6) is -0.122. The lowest BCUT2D eigenvalue weighted by Gasteiger charge is -2.08. The highest BCUT2D eigenvalue weighted by Crippen LogP contribution is 2.09. The molecule has 0 spiro atoms. The van der Waals surface area contributed by atoms with Crippen LogP contribution < -0.4 is 16.0 Å². The number of anilines is 1. The van der Waals surface area contributed by atoms with Crippen LogP contribution in [0.15, 0.2) is 24.3 Å². The number of amides is 3. The van der Waals surface area contributed by atoms with Gasteiger partial charge in [-0.1, -0.05) is 0 Å². The molecule has 0 saturated carbocycles. The Labute approximate surface area is 118 Å². The minimum absolute atomic E-state index is 0.122. The normalized spacial score (nSPS) is 9.90. The molecule has 0 unspecified atom stereocenters. The third kappa shape index (κ3) is 5.71. The third-order valence-electron chi connectivity index (χ3n) is 2.55. The first kappa shape index (κ1) is 16.0. The Morgan fingerprint density at radius 3 is 2.45 bits per heavy atom. The summed E-state index contributed by atoms with van der Waals surface area (Å²) < 4.78 is 4.89. The van der Waals surface area contributed by atoms with E-state index in [0.717, 1.165) is 6.42 Å². The Bertz CT molecular complexity index is 432. The van der Waals surface area contributed by atoms with Crippen LogP contribution in [0.2, 0.25) is 0 Å². The lowest BCUT2D eigenvalue weighted by Crippen LogP contribution is -2.30. The van der Waals surface area contributed by atoms with Crippen molar-refractivity contribution in [1.29, 1.82) is 0 Å². The van der Waals surface area contributed by atoms with E-state index in [1.54, 1.807) is 31.4 Å². The van der Waals surface area contributed by atoms with Gasteiger partial charge in [0.1, 0.15) is 0 Å². The average Bonchev–Trinajstić information content (AvgIpc) is 2.45. The van der Waals surface area contributed by atoms with Crippen molar-refractivity contribution < 1.29 is 14.3 Å². The van der Waals surface area contributed by atoms with Crippen molar-refractivity contribution in [1.82, 2.24) is 10.6 Å². The van der Waals surface area contributed by atoms with Gasteiger partial charge in [-0.3, -0.25) is 4.79 Å². The van der Waals surface area contributed by atoms with Crippen LogP contribution in [0.4, 0.5) is 10.5 Å². The molecule has 0 fully saturated rings. The largest absolute Gasteiger partial charge is 0.385 e. The van der Waals surface area contributed by atoms with E-state index in [4.69, 9.17) is 4.74 Å². The molecule has 1 rings (SSSR count). The van der Waals surface area contributed by atoms with Crippen LogP contribution in [-0.4, -0.2) is 38.7 Å². The van der Waals surface area contributed by atoms with Gasteiger partial charge in [-0.25, -0.2) is 4.79 Å². The quantitative estimate of drug-likeness (QED) is 0.663. The maximum absolute atomic E-state index is 11.6. The van der Waals surface area contributed by atoms with Crippen LogP contribution in [0.5, 0.6) is 0 Å². The fourth-order valence-electron chi connectivity index (χ4n) is 1.56. The molecule has 0 radical (unpaired) electrons. The number of ether oxygens (including phenoxy) is 1. The first-order chi connectivity index (χ1) is 9.67. The van der Waals surface area contributed by atoms with Crippen molar-refractivity contribution in [3.8, 4) is 0 Å². The summed E-state index contributed by atoms with van der Waals surface area (Å²) in [6.07, 6.45) is 0.764. The van der Waals surface area contributed by atoms with Crippen molar-refractivity contribution in [3.63, 3.8) is 0 Å². The van der Waals surface area contributed by atoms with Crippen LogP contribution in [0, 0.1) is 0 Å². The second kappa shape index (κ2) is 8.92. The maximum Gasteiger partial charge on any atom is 0.319 e. The number of carbonyl (C=O) groups is 2. The van der Waals surface area contributed by atoms with E-state index in [-0.39, 0.29) is 11.9 Å². The highest BCUT2D eigenvalue weighted by Gasteiger charge is 2.05. The van der Waals surface area contributed by atoms with Gasteiger partial charge >= 0.3 is 6.03 Å². The molecule has 0 aliphatic heterocycles. The van der Waals surface area contributed by atoms with E-state index in [2.05, 4.69) is 16.0 Å². The number of benzene rings is 1. The Hall–Kier alpha value is -2.08. The summed E-state index contributed by atoms with van der Waals surface area (Å²) >= 11 is 0. The summed E-state index contributed by atoms with van der Waals surface area (Å²) in [6, 6.07) is 6.46. The number of nitrogens with one attached hydrogen (secondary N) is 3. The number of urea groups is 1. The molecule has 0 aliphatic rings. The molecule has 0 bridgehead atoms. The smallest absolute Gasteiger partial charge is 0.319 e. The summed E-state index contributed by atoms with van der Waals surface area (Å²) in [4.78, 5) is 23.1. The van der Waals surface area contributed by atoms with Crippen molar-refractivity contribution in [3.05, 3.63) is 29.8 Å². The second-order valence-electron chi connectivity index (χ2n) is 4.16. The number of hydrogen-bond donors (Lipinski definition) is 3. The van der Waals surface area contributed by atoms with Crippen LogP contribution in [0.25, 0.3) is 0 Å². The maximum atomic E-state index is 11.6. The lowest BCUT2D eigenvalue weighted by molar-refractivity contribution is 0.0956. The fourth-order valence-corrected chi connectivity index (χ4v) is 1.56. The van der Waals surface area contributed by atoms with Gasteiger partial charge in [0.2, 0.25) is 0 Å². The number of rotatable bonds is 7. The predicted octanol–water partition coefficient (Wildman–Crippen LogP) is 1.59. The molecule has 0 heterocycles. The molecule has 0 aliphatic carbocycles. The lowest BCUT2D eigenvalue weighted by atomic mass is 10.2. The van der Waals surface area contributed by atoms with Crippen molar-refractivity contribution in [2.24, 2.45) is 0 Å². The standard InChI is InChI=1S/C14H21N3O3/c1-3-15-13(18)11-5-7-12(8-6-11)17-14(19)16-9-4-10-20-2/h5-8H,3-4,9-10H2,1-2H3,(H,15,18)(H2,16,17,19). The van der Waals surface area contributed by atoms with E-state index in [1.165, 1.54) is 0 Å². The van der Waals surface area contributed by atoms with Gasteiger partial charge in [0.25, 0.3) is 5.91 Å². The molecule has 0 saturated heterocycles. The molecule has 110 valence electrons. The van der Waals surface area contributed by atoms with Gasteiger partial charge in [-0.15, -0.1) is 0 Å². The SMILES string of the molecule is CCNC(=O)c1ccc(NC(=O)NCCCOC)cc1. The number of hydrogen-bond acceptors (Lipinski definition) is 3. The molecule has 1 aromatic rings. The van der Waals surface area contributed by atoms with E-state index < -0.39 is 0 Å². The van der Waals surface area contributed by atoms with E-state index in [9.17, 15) is 9.59 Å². The minimum Gasteiger partial charge on any atom is -0.385 e. The monoisotopic (exact) mass is 279 g/mol. The van der Waals surface area contributed by atoms with Crippen LogP contribution in [-0.2, 0) is 4.74 Å². The third-order valence-corrected chi connectivity index (χ3v) is 2.55. The predicted molar refractivity (Wildman–Crippen MR) is 78.0 cm³/mol. The molecule has 0 atom stereocenters. The first-order valence-electron chi connectivity index (χ1n) is 6.59. The highest BCUT2D eigenvalue weighted by atomic mass is 16.5. The van der Waals surface area contributed by atoms with E-state index >= 15 is 0 Å². The Balaban J connectivity index is 2.41. The van der Waals surface area contributed by atoms with Crippen molar-refractivity contribution >= 4 is 17.6 Å². The van der Waals surface area contributed by atoms with E-state index in [0.29, 0.717) is 30.9 Å². The Kier molecular flexibility index (Phi) is 7.13. The molecule has 20 heavy (non-hydrogen) atoms. The Morgan fingerprint density at radius 2 is 1.85 bits per heavy atom. The average molecular weight is 279 g/mol. The van der Waals surface area contributed by atoms with Crippen LogP contribution >= 0.6 is 0 Å². The summed E-state index contributed by atoms with van der Waals surface area (Å²) in [5, 5.41) is 8.12. The van der Waals surface area contributed by atoms with Gasteiger partial charge in [-0.05, 0) is 37.6 Å². The van der Waals surface area contributed by atoms with Gasteiger partial charge in [-0.2, -0.15) is 0 Å². The highest BCUT2D eigenvalue weighted by molar-refractivity contribution is 5.95. The zero-order chi connectivity index (χ0) is 14.8. The topological polar surface area (TPSA) is 79.5 Å². The zero-order valence-corrected chi connectivity index (χ0v) is 11.9. The van der Waals surface area contributed by atoms with Gasteiger partial charge < -0.3 is 20.7 Å². The molecule has 6 nitrogen and oxygen atoms in total. The van der Waals surface area contributed by atoms with Crippen LogP contribution in [0.3, 0.4) is 0 Å². The molecule has 3 N–H and O–H groups in total. The fraction of sp³-hybridized carbons (Fsp3) is 0.429. The van der Waals surface area contributed by atoms with Gasteiger partial charge in [0.15, 0.2) is 0 Å². The van der Waals surface area contributed by atoms with Crippen molar-refractivity contribution in [2.45, 2.75) is 13.3 Å². The number of carbonyl (C=O) groups excluding carboxylic acids is 2. The first-order valence-corrected chi connectivity index (χ1v) is 6.59. The Morgan fingerprint density at radius 1 is 1.15 bits per heavy atom. The summed E-state index contributed by atoms with van der Waals surface area (Å²) in [6.45, 7) is 3.61. The second-order valence-corrected chi connectivity index (χ2v) is 4.16. The number of methoxy groups -OCH3 is 1. The van der Waals surface area contributed by atoms with Crippen molar-refractivity contribution in [2.75, 3.05) is 32.1 Å².